The molecule has 0 aliphatic carbocycles. The lowest BCUT2D eigenvalue weighted by Crippen LogP contribution is -2.33. The van der Waals surface area contributed by atoms with Gasteiger partial charge in [0.2, 0.25) is 0 Å². The fourth-order valence-corrected chi connectivity index (χ4v) is 4.17. The summed E-state index contributed by atoms with van der Waals surface area (Å²) >= 11 is 12.8. The van der Waals surface area contributed by atoms with Crippen LogP contribution in [-0.2, 0) is 17.6 Å². The van der Waals surface area contributed by atoms with Crippen molar-refractivity contribution in [2.45, 2.75) is 19.3 Å². The van der Waals surface area contributed by atoms with Gasteiger partial charge in [-0.25, -0.2) is 0 Å². The van der Waals surface area contributed by atoms with Gasteiger partial charge >= 0.3 is 0 Å². The van der Waals surface area contributed by atoms with Crippen LogP contribution in [0.25, 0.3) is 0 Å². The van der Waals surface area contributed by atoms with Crippen molar-refractivity contribution in [1.29, 1.82) is 0 Å². The summed E-state index contributed by atoms with van der Waals surface area (Å²) in [4.78, 5) is 12.4. The zero-order valence-electron chi connectivity index (χ0n) is 16.0. The molecule has 0 saturated carbocycles. The van der Waals surface area contributed by atoms with Gasteiger partial charge in [-0.05, 0) is 86.6 Å². The van der Waals surface area contributed by atoms with E-state index in [-0.39, 0.29) is 24.5 Å². The predicted octanol–water partition coefficient (Wildman–Crippen LogP) is 4.75. The van der Waals surface area contributed by atoms with Crippen molar-refractivity contribution in [1.82, 2.24) is 5.32 Å². The summed E-state index contributed by atoms with van der Waals surface area (Å²) in [6.45, 7) is 1.48. The minimum Gasteiger partial charge on any atom is -0.491 e. The number of nitrogens with one attached hydrogen (secondary N) is 1. The van der Waals surface area contributed by atoms with Crippen LogP contribution in [0.1, 0.15) is 17.5 Å². The Hall–Kier alpha value is -1.32. The van der Waals surface area contributed by atoms with Crippen molar-refractivity contribution in [3.05, 3.63) is 61.5 Å². The smallest absolute Gasteiger partial charge is 0.269 e. The van der Waals surface area contributed by atoms with E-state index in [0.717, 1.165) is 26.5 Å². The second-order valence-electron chi connectivity index (χ2n) is 6.24. The summed E-state index contributed by atoms with van der Waals surface area (Å²) < 4.78 is 7.17. The maximum Gasteiger partial charge on any atom is 0.269 e. The highest BCUT2D eigenvalue weighted by atomic mass is 79.9. The lowest BCUT2D eigenvalue weighted by molar-refractivity contribution is -0.115. The fourth-order valence-electron chi connectivity index (χ4n) is 2.54. The summed E-state index contributed by atoms with van der Waals surface area (Å²) in [6.07, 6.45) is 1.56. The van der Waals surface area contributed by atoms with Crippen molar-refractivity contribution in [2.24, 2.45) is 10.9 Å². The number of nitrogens with two attached hydrogens (primary N) is 1. The molecule has 0 aromatic heterocycles. The molecular formula is C20H23Br2Cl2N3O3. The molecular weight excluding hydrogens is 561 g/mol. The van der Waals surface area contributed by atoms with Crippen molar-refractivity contribution >= 4 is 67.5 Å². The minimum atomic E-state index is -0.419. The molecule has 0 unspecified atom stereocenters. The Balaban J connectivity index is 0.00000450. The van der Waals surface area contributed by atoms with Gasteiger partial charge in [-0.1, -0.05) is 28.9 Å². The molecule has 0 bridgehead atoms. The highest BCUT2D eigenvalue weighted by Crippen LogP contribution is 2.35. The molecule has 2 rings (SSSR count). The summed E-state index contributed by atoms with van der Waals surface area (Å²) in [7, 11) is 0. The molecule has 0 aliphatic heterocycles. The molecule has 1 amide bonds. The third-order valence-electron chi connectivity index (χ3n) is 4.02. The van der Waals surface area contributed by atoms with E-state index in [4.69, 9.17) is 22.1 Å². The average Bonchev–Trinajstić information content (AvgIpc) is 2.69. The molecule has 0 radical (unpaired) electrons. The number of carbonyl (C=O) groups excluding carboxylic acids is 1. The Bertz CT molecular complexity index is 842. The summed E-state index contributed by atoms with van der Waals surface area (Å²) in [6, 6.07) is 11.1. The van der Waals surface area contributed by atoms with E-state index in [1.165, 1.54) is 0 Å². The van der Waals surface area contributed by atoms with Crippen LogP contribution in [0.2, 0.25) is 5.02 Å². The highest BCUT2D eigenvalue weighted by molar-refractivity contribution is 9.11. The molecule has 0 fully saturated rings. The molecule has 6 nitrogen and oxygen atoms in total. The Morgan fingerprint density at radius 3 is 2.37 bits per heavy atom. The van der Waals surface area contributed by atoms with E-state index in [0.29, 0.717) is 36.9 Å². The second-order valence-corrected chi connectivity index (χ2v) is 8.38. The van der Waals surface area contributed by atoms with Crippen LogP contribution in [-0.4, -0.2) is 36.5 Å². The minimum absolute atomic E-state index is 0. The lowest BCUT2D eigenvalue weighted by Gasteiger charge is -2.12. The zero-order valence-corrected chi connectivity index (χ0v) is 20.8. The van der Waals surface area contributed by atoms with Crippen LogP contribution < -0.4 is 15.8 Å². The van der Waals surface area contributed by atoms with E-state index in [2.05, 4.69) is 42.3 Å². The molecule has 0 atom stereocenters. The monoisotopic (exact) mass is 581 g/mol. The van der Waals surface area contributed by atoms with Gasteiger partial charge in [0.1, 0.15) is 11.5 Å². The predicted molar refractivity (Wildman–Crippen MR) is 129 cm³/mol. The number of amides is 1. The van der Waals surface area contributed by atoms with Gasteiger partial charge in [-0.2, -0.15) is 0 Å². The zero-order chi connectivity index (χ0) is 21.2. The molecule has 164 valence electrons. The van der Waals surface area contributed by atoms with E-state index < -0.39 is 5.91 Å². The van der Waals surface area contributed by atoms with Gasteiger partial charge in [0.05, 0.1) is 15.6 Å². The number of benzene rings is 2. The van der Waals surface area contributed by atoms with Crippen LogP contribution >= 0.6 is 55.9 Å². The molecule has 2 aromatic carbocycles. The third kappa shape index (κ3) is 8.43. The van der Waals surface area contributed by atoms with E-state index in [1.807, 2.05) is 24.3 Å². The largest absolute Gasteiger partial charge is 0.491 e. The van der Waals surface area contributed by atoms with Gasteiger partial charge < -0.3 is 21.0 Å². The Kier molecular flexibility index (Phi) is 12.4. The topological polar surface area (TPSA) is 96.9 Å². The Morgan fingerprint density at radius 1 is 1.17 bits per heavy atom. The first kappa shape index (κ1) is 26.7. The molecule has 30 heavy (non-hydrogen) atoms. The maximum atomic E-state index is 12.4. The second kappa shape index (κ2) is 13.9. The van der Waals surface area contributed by atoms with Crippen LogP contribution in [0.4, 0.5) is 0 Å². The normalized spacial score (nSPS) is 11.0. The number of hydrogen-bond acceptors (Lipinski definition) is 5. The molecule has 0 heterocycles. The van der Waals surface area contributed by atoms with Crippen LogP contribution in [0.3, 0.4) is 0 Å². The number of ether oxygens (including phenoxy) is 1. The average molecular weight is 584 g/mol. The standard InChI is InChI=1S/C20H22Br2ClN3O3.ClH/c21-16-10-14(11-17(22)19(16)29-9-1-7-24)12-18(26-28)20(27)25-8-6-13-2-4-15(23)5-3-13;/h2-5,10-11,28H,1,6-9,12,24H2,(H,25,27);1H/b26-18-;. The van der Waals surface area contributed by atoms with Crippen LogP contribution in [0.5, 0.6) is 5.75 Å². The summed E-state index contributed by atoms with van der Waals surface area (Å²) in [5.41, 5.74) is 7.35. The van der Waals surface area contributed by atoms with Gasteiger partial charge in [-0.15, -0.1) is 12.4 Å². The lowest BCUT2D eigenvalue weighted by atomic mass is 10.1. The number of carbonyl (C=O) groups is 1. The van der Waals surface area contributed by atoms with Crippen molar-refractivity contribution in [2.75, 3.05) is 19.7 Å². The molecule has 0 aliphatic rings. The number of halogens is 4. The number of oxime groups is 1. The molecule has 0 saturated heterocycles. The molecule has 4 N–H and O–H groups in total. The highest BCUT2D eigenvalue weighted by Gasteiger charge is 2.16. The van der Waals surface area contributed by atoms with E-state index >= 15 is 0 Å². The van der Waals surface area contributed by atoms with Gasteiger partial charge in [0, 0.05) is 18.0 Å². The first-order valence-electron chi connectivity index (χ1n) is 8.99. The van der Waals surface area contributed by atoms with Gasteiger partial charge in [-0.3, -0.25) is 4.79 Å². The number of nitrogens with zero attached hydrogens (tertiary/aromatic N) is 1. The van der Waals surface area contributed by atoms with Crippen molar-refractivity contribution in [3.8, 4) is 5.75 Å². The van der Waals surface area contributed by atoms with E-state index in [1.54, 1.807) is 12.1 Å². The van der Waals surface area contributed by atoms with E-state index in [9.17, 15) is 10.0 Å². The van der Waals surface area contributed by atoms with Crippen LogP contribution in [0.15, 0.2) is 50.5 Å². The molecule has 0 spiro atoms. The fraction of sp³-hybridized carbons (Fsp3) is 0.300. The quantitative estimate of drug-likeness (QED) is 0.163. The van der Waals surface area contributed by atoms with Crippen LogP contribution in [0, 0.1) is 0 Å². The van der Waals surface area contributed by atoms with Gasteiger partial charge in [0.15, 0.2) is 0 Å². The number of rotatable bonds is 10. The molecule has 10 heteroatoms. The number of hydrogen-bond donors (Lipinski definition) is 3. The van der Waals surface area contributed by atoms with Gasteiger partial charge in [0.25, 0.3) is 5.91 Å². The first-order valence-corrected chi connectivity index (χ1v) is 10.9. The third-order valence-corrected chi connectivity index (χ3v) is 5.45. The summed E-state index contributed by atoms with van der Waals surface area (Å²) in [5, 5.41) is 15.9. The Labute approximate surface area is 203 Å². The Morgan fingerprint density at radius 2 is 1.80 bits per heavy atom. The maximum absolute atomic E-state index is 12.4. The van der Waals surface area contributed by atoms with Crippen molar-refractivity contribution in [3.63, 3.8) is 0 Å². The molecule has 2 aromatic rings. The first-order chi connectivity index (χ1) is 13.9. The summed E-state index contributed by atoms with van der Waals surface area (Å²) in [5.74, 6) is 0.245. The SMILES string of the molecule is Cl.NCCCOc1c(Br)cc(C/C(=N/O)C(=O)NCCc2ccc(Cl)cc2)cc1Br. The van der Waals surface area contributed by atoms with Crippen molar-refractivity contribution < 1.29 is 14.7 Å².